The van der Waals surface area contributed by atoms with Crippen LogP contribution in [0, 0.1) is 0 Å². The fraction of sp³-hybridized carbons (Fsp3) is 0.235. The van der Waals surface area contributed by atoms with E-state index in [2.05, 4.69) is 0 Å². The summed E-state index contributed by atoms with van der Waals surface area (Å²) in [5.74, 6) is 0.870. The molecule has 0 saturated carbocycles. The number of carbonyl (C=O) groups excluding carboxylic acids is 1. The van der Waals surface area contributed by atoms with Gasteiger partial charge in [-0.15, -0.1) is 0 Å². The summed E-state index contributed by atoms with van der Waals surface area (Å²) in [6.07, 6.45) is 7.50. The Balaban J connectivity index is 2.10. The lowest BCUT2D eigenvalue weighted by molar-refractivity contribution is -0.133. The van der Waals surface area contributed by atoms with Gasteiger partial charge < -0.3 is 13.9 Å². The predicted octanol–water partition coefficient (Wildman–Crippen LogP) is 4.10. The minimum absolute atomic E-state index is 0.253. The van der Waals surface area contributed by atoms with E-state index in [0.29, 0.717) is 23.7 Å². The van der Waals surface area contributed by atoms with Gasteiger partial charge in [0.25, 0.3) is 0 Å². The van der Waals surface area contributed by atoms with Gasteiger partial charge in [0.1, 0.15) is 23.7 Å². The van der Waals surface area contributed by atoms with Crippen molar-refractivity contribution in [2.75, 3.05) is 6.61 Å². The third-order valence-electron chi connectivity index (χ3n) is 3.22. The van der Waals surface area contributed by atoms with Crippen LogP contribution in [0.15, 0.2) is 40.5 Å². The normalized spacial score (nSPS) is 13.5. The maximum absolute atomic E-state index is 11.6. The molecular weight excluding hydrogens is 268 g/mol. The SMILES string of the molecule is CC(C)=CCOc1c2c(cc3occc13)OC(=O)CC=C2. The number of hydrogen-bond donors (Lipinski definition) is 0. The Labute approximate surface area is 122 Å². The van der Waals surface area contributed by atoms with Crippen molar-refractivity contribution in [1.29, 1.82) is 0 Å². The van der Waals surface area contributed by atoms with E-state index in [0.717, 1.165) is 10.9 Å². The minimum Gasteiger partial charge on any atom is -0.488 e. The highest BCUT2D eigenvalue weighted by molar-refractivity contribution is 5.93. The van der Waals surface area contributed by atoms with Gasteiger partial charge in [0.2, 0.25) is 0 Å². The molecular formula is C17H16O4. The average molecular weight is 284 g/mol. The number of ether oxygens (including phenoxy) is 2. The minimum atomic E-state index is -0.286. The second-order valence-electron chi connectivity index (χ2n) is 5.12. The van der Waals surface area contributed by atoms with Crippen molar-refractivity contribution in [3.63, 3.8) is 0 Å². The Hall–Kier alpha value is -2.49. The summed E-state index contributed by atoms with van der Waals surface area (Å²) >= 11 is 0. The Morgan fingerprint density at radius 1 is 1.43 bits per heavy atom. The molecule has 0 atom stereocenters. The molecule has 2 heterocycles. The van der Waals surface area contributed by atoms with Crippen LogP contribution in [0.1, 0.15) is 25.8 Å². The third kappa shape index (κ3) is 2.70. The van der Waals surface area contributed by atoms with Crippen LogP contribution in [0.25, 0.3) is 17.0 Å². The van der Waals surface area contributed by atoms with Gasteiger partial charge in [-0.25, -0.2) is 0 Å². The number of fused-ring (bicyclic) bond motifs is 2. The third-order valence-corrected chi connectivity index (χ3v) is 3.22. The maximum atomic E-state index is 11.6. The fourth-order valence-corrected chi connectivity index (χ4v) is 2.20. The van der Waals surface area contributed by atoms with Gasteiger partial charge in [-0.2, -0.15) is 0 Å². The van der Waals surface area contributed by atoms with Gasteiger partial charge in [0.05, 0.1) is 23.6 Å². The maximum Gasteiger partial charge on any atom is 0.315 e. The van der Waals surface area contributed by atoms with Crippen molar-refractivity contribution >= 4 is 23.0 Å². The number of rotatable bonds is 3. The lowest BCUT2D eigenvalue weighted by Crippen LogP contribution is -2.06. The van der Waals surface area contributed by atoms with E-state index in [9.17, 15) is 4.79 Å². The highest BCUT2D eigenvalue weighted by Crippen LogP contribution is 2.39. The lowest BCUT2D eigenvalue weighted by Gasteiger charge is -2.12. The van der Waals surface area contributed by atoms with Crippen LogP contribution in [0.4, 0.5) is 0 Å². The molecule has 1 aromatic carbocycles. The number of benzene rings is 1. The first kappa shape index (κ1) is 13.5. The summed E-state index contributed by atoms with van der Waals surface area (Å²) < 4.78 is 16.7. The van der Waals surface area contributed by atoms with Gasteiger partial charge in [0.15, 0.2) is 0 Å². The molecule has 4 heteroatoms. The molecule has 2 aromatic rings. The van der Waals surface area contributed by atoms with Gasteiger partial charge in [-0.3, -0.25) is 4.79 Å². The van der Waals surface area contributed by atoms with Crippen molar-refractivity contribution < 1.29 is 18.7 Å². The molecule has 1 aliphatic rings. The van der Waals surface area contributed by atoms with Crippen molar-refractivity contribution in [1.82, 2.24) is 0 Å². The van der Waals surface area contributed by atoms with Crippen LogP contribution in [-0.2, 0) is 4.79 Å². The Morgan fingerprint density at radius 2 is 2.29 bits per heavy atom. The van der Waals surface area contributed by atoms with Crippen molar-refractivity contribution in [3.05, 3.63) is 41.7 Å². The number of carbonyl (C=O) groups is 1. The van der Waals surface area contributed by atoms with Crippen LogP contribution in [0.2, 0.25) is 0 Å². The summed E-state index contributed by atoms with van der Waals surface area (Å²) in [7, 11) is 0. The molecule has 0 saturated heterocycles. The lowest BCUT2D eigenvalue weighted by atomic mass is 10.1. The molecule has 21 heavy (non-hydrogen) atoms. The van der Waals surface area contributed by atoms with E-state index in [4.69, 9.17) is 13.9 Å². The van der Waals surface area contributed by atoms with Gasteiger partial charge in [-0.05, 0) is 26.0 Å². The van der Waals surface area contributed by atoms with Gasteiger partial charge >= 0.3 is 5.97 Å². The molecule has 4 nitrogen and oxygen atoms in total. The predicted molar refractivity (Wildman–Crippen MR) is 80.4 cm³/mol. The van der Waals surface area contributed by atoms with E-state index >= 15 is 0 Å². The molecule has 0 amide bonds. The topological polar surface area (TPSA) is 48.7 Å². The van der Waals surface area contributed by atoms with Gasteiger partial charge in [-0.1, -0.05) is 17.7 Å². The first-order valence-corrected chi connectivity index (χ1v) is 6.83. The summed E-state index contributed by atoms with van der Waals surface area (Å²) in [6, 6.07) is 3.58. The summed E-state index contributed by atoms with van der Waals surface area (Å²) in [5, 5.41) is 0.874. The van der Waals surface area contributed by atoms with Crippen molar-refractivity contribution in [2.45, 2.75) is 20.3 Å². The Kier molecular flexibility index (Phi) is 3.52. The van der Waals surface area contributed by atoms with Crippen molar-refractivity contribution in [3.8, 4) is 11.5 Å². The quantitative estimate of drug-likeness (QED) is 0.483. The average Bonchev–Trinajstić information content (AvgIpc) is 2.80. The molecule has 3 rings (SSSR count). The molecule has 0 fully saturated rings. The molecule has 0 radical (unpaired) electrons. The standard InChI is InChI=1S/C17H16O4/c1-11(2)6-8-20-17-12-4-3-5-16(18)21-15(12)10-14-13(17)7-9-19-14/h3-4,6-7,9-10H,5,8H2,1-2H3. The monoisotopic (exact) mass is 284 g/mol. The number of furan rings is 1. The first-order valence-electron chi connectivity index (χ1n) is 6.83. The van der Waals surface area contributed by atoms with E-state index in [1.165, 1.54) is 5.57 Å². The molecule has 0 unspecified atom stereocenters. The van der Waals surface area contributed by atoms with Crippen molar-refractivity contribution in [2.24, 2.45) is 0 Å². The molecule has 0 aliphatic carbocycles. The van der Waals surface area contributed by atoms with Crippen LogP contribution in [0.5, 0.6) is 11.5 Å². The van der Waals surface area contributed by atoms with Crippen LogP contribution < -0.4 is 9.47 Å². The Morgan fingerprint density at radius 3 is 3.10 bits per heavy atom. The molecule has 1 aliphatic heterocycles. The zero-order valence-corrected chi connectivity index (χ0v) is 12.0. The Bertz CT molecular complexity index is 745. The molecule has 0 spiro atoms. The number of esters is 1. The second-order valence-corrected chi connectivity index (χ2v) is 5.12. The highest BCUT2D eigenvalue weighted by Gasteiger charge is 2.19. The first-order chi connectivity index (χ1) is 10.1. The van der Waals surface area contributed by atoms with E-state index in [-0.39, 0.29) is 12.4 Å². The van der Waals surface area contributed by atoms with Crippen LogP contribution >= 0.6 is 0 Å². The summed E-state index contributed by atoms with van der Waals surface area (Å²) in [6.45, 7) is 4.49. The fourth-order valence-electron chi connectivity index (χ4n) is 2.20. The van der Waals surface area contributed by atoms with E-state index in [1.54, 1.807) is 18.4 Å². The van der Waals surface area contributed by atoms with E-state index in [1.807, 2.05) is 32.1 Å². The van der Waals surface area contributed by atoms with Crippen LogP contribution in [0.3, 0.4) is 0 Å². The summed E-state index contributed by atoms with van der Waals surface area (Å²) in [4.78, 5) is 11.6. The van der Waals surface area contributed by atoms with Crippen LogP contribution in [-0.4, -0.2) is 12.6 Å². The molecule has 1 aromatic heterocycles. The molecule has 0 N–H and O–H groups in total. The number of allylic oxidation sites excluding steroid dienone is 1. The smallest absolute Gasteiger partial charge is 0.315 e. The second kappa shape index (κ2) is 5.48. The number of hydrogen-bond acceptors (Lipinski definition) is 4. The van der Waals surface area contributed by atoms with E-state index < -0.39 is 0 Å². The zero-order valence-electron chi connectivity index (χ0n) is 12.0. The largest absolute Gasteiger partial charge is 0.488 e. The zero-order chi connectivity index (χ0) is 14.8. The highest BCUT2D eigenvalue weighted by atomic mass is 16.5. The molecule has 0 bridgehead atoms. The van der Waals surface area contributed by atoms with Gasteiger partial charge in [0, 0.05) is 6.07 Å². The molecule has 108 valence electrons. The summed E-state index contributed by atoms with van der Waals surface area (Å²) in [5.41, 5.74) is 2.60.